The van der Waals surface area contributed by atoms with E-state index >= 15 is 0 Å². The Morgan fingerprint density at radius 2 is 1.85 bits per heavy atom. The molecule has 98 valence electrons. The molecule has 3 aromatic rings. The standard InChI is InChI=1S/C15H12N4O/c20-15-9-11-5-1-3-7-13(11)18(15)10-19-14-8-4-2-6-12(14)16-17-19/h1-8H,9-10H2. The van der Waals surface area contributed by atoms with Gasteiger partial charge in [0.1, 0.15) is 12.2 Å². The molecule has 0 aliphatic carbocycles. The lowest BCUT2D eigenvalue weighted by molar-refractivity contribution is -0.117. The fourth-order valence-electron chi connectivity index (χ4n) is 2.63. The van der Waals surface area contributed by atoms with Crippen LogP contribution >= 0.6 is 0 Å². The highest BCUT2D eigenvalue weighted by molar-refractivity contribution is 6.01. The van der Waals surface area contributed by atoms with E-state index in [1.807, 2.05) is 48.5 Å². The minimum absolute atomic E-state index is 0.103. The van der Waals surface area contributed by atoms with Crippen LogP contribution in [0, 0.1) is 0 Å². The van der Waals surface area contributed by atoms with E-state index in [0.717, 1.165) is 22.3 Å². The Morgan fingerprint density at radius 1 is 1.05 bits per heavy atom. The Kier molecular flexibility index (Phi) is 2.32. The first-order valence-electron chi connectivity index (χ1n) is 6.49. The summed E-state index contributed by atoms with van der Waals surface area (Å²) in [4.78, 5) is 13.9. The zero-order chi connectivity index (χ0) is 13.5. The monoisotopic (exact) mass is 264 g/mol. The average Bonchev–Trinajstić information content (AvgIpc) is 3.02. The van der Waals surface area contributed by atoms with E-state index in [2.05, 4.69) is 10.3 Å². The number of carbonyl (C=O) groups is 1. The van der Waals surface area contributed by atoms with Crippen molar-refractivity contribution >= 4 is 22.6 Å². The van der Waals surface area contributed by atoms with Gasteiger partial charge in [0.15, 0.2) is 0 Å². The number of benzene rings is 2. The van der Waals surface area contributed by atoms with Crippen molar-refractivity contribution in [1.82, 2.24) is 15.0 Å². The summed E-state index contributed by atoms with van der Waals surface area (Å²) < 4.78 is 1.76. The second kappa shape index (κ2) is 4.16. The molecule has 1 amide bonds. The first-order valence-corrected chi connectivity index (χ1v) is 6.49. The summed E-state index contributed by atoms with van der Waals surface area (Å²) in [6, 6.07) is 15.6. The molecular formula is C15H12N4O. The number of carbonyl (C=O) groups excluding carboxylic acids is 1. The smallest absolute Gasteiger partial charge is 0.233 e. The van der Waals surface area contributed by atoms with E-state index in [4.69, 9.17) is 0 Å². The number of aromatic nitrogens is 3. The van der Waals surface area contributed by atoms with E-state index in [-0.39, 0.29) is 5.91 Å². The van der Waals surface area contributed by atoms with E-state index < -0.39 is 0 Å². The van der Waals surface area contributed by atoms with Crippen LogP contribution in [0.5, 0.6) is 0 Å². The number of hydrogen-bond donors (Lipinski definition) is 0. The van der Waals surface area contributed by atoms with Crippen LogP contribution in [0.4, 0.5) is 5.69 Å². The van der Waals surface area contributed by atoms with Crippen molar-refractivity contribution in [3.8, 4) is 0 Å². The Balaban J connectivity index is 1.74. The average molecular weight is 264 g/mol. The molecule has 1 aromatic heterocycles. The molecule has 5 heteroatoms. The molecule has 0 saturated heterocycles. The summed E-state index contributed by atoms with van der Waals surface area (Å²) in [6.07, 6.45) is 0.461. The van der Waals surface area contributed by atoms with Crippen LogP contribution in [0.15, 0.2) is 48.5 Å². The summed E-state index contributed by atoms with van der Waals surface area (Å²) >= 11 is 0. The predicted octanol–water partition coefficient (Wildman–Crippen LogP) is 1.98. The largest absolute Gasteiger partial charge is 0.292 e. The number of nitrogens with zero attached hydrogens (tertiary/aromatic N) is 4. The number of amides is 1. The maximum absolute atomic E-state index is 12.2. The molecule has 20 heavy (non-hydrogen) atoms. The Bertz CT molecular complexity index is 808. The SMILES string of the molecule is O=C1Cc2ccccc2N1Cn1nnc2ccccc21. The Labute approximate surface area is 115 Å². The predicted molar refractivity (Wildman–Crippen MR) is 75.2 cm³/mol. The molecular weight excluding hydrogens is 252 g/mol. The van der Waals surface area contributed by atoms with Crippen molar-refractivity contribution in [2.45, 2.75) is 13.1 Å². The van der Waals surface area contributed by atoms with Gasteiger partial charge in [-0.3, -0.25) is 9.69 Å². The van der Waals surface area contributed by atoms with Crippen LogP contribution in [-0.2, 0) is 17.9 Å². The van der Waals surface area contributed by atoms with Crippen LogP contribution in [-0.4, -0.2) is 20.9 Å². The summed E-state index contributed by atoms with van der Waals surface area (Å²) in [5.41, 5.74) is 3.82. The van der Waals surface area contributed by atoms with Crippen molar-refractivity contribution < 1.29 is 4.79 Å². The highest BCUT2D eigenvalue weighted by Gasteiger charge is 2.27. The molecule has 5 nitrogen and oxygen atoms in total. The van der Waals surface area contributed by atoms with Crippen LogP contribution in [0.3, 0.4) is 0 Å². The fraction of sp³-hybridized carbons (Fsp3) is 0.133. The van der Waals surface area contributed by atoms with Crippen LogP contribution in [0.2, 0.25) is 0 Å². The molecule has 4 rings (SSSR count). The van der Waals surface area contributed by atoms with E-state index in [1.165, 1.54) is 0 Å². The minimum atomic E-state index is 0.103. The van der Waals surface area contributed by atoms with Crippen molar-refractivity contribution in [3.05, 3.63) is 54.1 Å². The van der Waals surface area contributed by atoms with Gasteiger partial charge in [-0.25, -0.2) is 4.68 Å². The topological polar surface area (TPSA) is 51.0 Å². The van der Waals surface area contributed by atoms with Crippen molar-refractivity contribution in [1.29, 1.82) is 0 Å². The summed E-state index contributed by atoms with van der Waals surface area (Å²) in [7, 11) is 0. The zero-order valence-electron chi connectivity index (χ0n) is 10.7. The molecule has 0 bridgehead atoms. The second-order valence-electron chi connectivity index (χ2n) is 4.85. The van der Waals surface area contributed by atoms with E-state index in [9.17, 15) is 4.79 Å². The molecule has 0 saturated carbocycles. The lowest BCUT2D eigenvalue weighted by Gasteiger charge is -2.17. The number of rotatable bonds is 2. The molecule has 1 aliphatic heterocycles. The molecule has 0 fully saturated rings. The second-order valence-corrected chi connectivity index (χ2v) is 4.85. The van der Waals surface area contributed by atoms with Gasteiger partial charge in [-0.15, -0.1) is 5.10 Å². The third-order valence-corrected chi connectivity index (χ3v) is 3.62. The molecule has 2 heterocycles. The van der Waals surface area contributed by atoms with Gasteiger partial charge >= 0.3 is 0 Å². The van der Waals surface area contributed by atoms with E-state index in [1.54, 1.807) is 9.58 Å². The van der Waals surface area contributed by atoms with Gasteiger partial charge in [-0.1, -0.05) is 35.5 Å². The number of hydrogen-bond acceptors (Lipinski definition) is 3. The quantitative estimate of drug-likeness (QED) is 0.711. The summed E-state index contributed by atoms with van der Waals surface area (Å²) in [5.74, 6) is 0.103. The number of anilines is 1. The zero-order valence-corrected chi connectivity index (χ0v) is 10.7. The maximum Gasteiger partial charge on any atom is 0.233 e. The molecule has 0 unspecified atom stereocenters. The van der Waals surface area contributed by atoms with Gasteiger partial charge in [0.05, 0.1) is 11.9 Å². The lowest BCUT2D eigenvalue weighted by Crippen LogP contribution is -2.29. The number of para-hydroxylation sites is 2. The highest BCUT2D eigenvalue weighted by atomic mass is 16.2. The third-order valence-electron chi connectivity index (χ3n) is 3.62. The van der Waals surface area contributed by atoms with Crippen molar-refractivity contribution in [2.24, 2.45) is 0 Å². The molecule has 0 N–H and O–H groups in total. The first kappa shape index (κ1) is 11.2. The van der Waals surface area contributed by atoms with Gasteiger partial charge < -0.3 is 0 Å². The summed E-state index contributed by atoms with van der Waals surface area (Å²) in [5, 5.41) is 8.26. The molecule has 2 aromatic carbocycles. The van der Waals surface area contributed by atoms with Crippen LogP contribution < -0.4 is 4.90 Å². The molecule has 1 aliphatic rings. The number of fused-ring (bicyclic) bond motifs is 2. The van der Waals surface area contributed by atoms with Crippen LogP contribution in [0.25, 0.3) is 11.0 Å². The van der Waals surface area contributed by atoms with E-state index in [0.29, 0.717) is 13.1 Å². The van der Waals surface area contributed by atoms with Crippen molar-refractivity contribution in [2.75, 3.05) is 4.90 Å². The lowest BCUT2D eigenvalue weighted by atomic mass is 10.2. The maximum atomic E-state index is 12.2. The molecule has 0 atom stereocenters. The Morgan fingerprint density at radius 3 is 2.80 bits per heavy atom. The molecule has 0 spiro atoms. The fourth-order valence-corrected chi connectivity index (χ4v) is 2.63. The van der Waals surface area contributed by atoms with Gasteiger partial charge in [0.2, 0.25) is 5.91 Å². The third kappa shape index (κ3) is 1.60. The minimum Gasteiger partial charge on any atom is -0.292 e. The Hall–Kier alpha value is -2.69. The van der Waals surface area contributed by atoms with Gasteiger partial charge in [-0.2, -0.15) is 0 Å². The van der Waals surface area contributed by atoms with Gasteiger partial charge in [0, 0.05) is 5.69 Å². The van der Waals surface area contributed by atoms with Crippen molar-refractivity contribution in [3.63, 3.8) is 0 Å². The van der Waals surface area contributed by atoms with Gasteiger partial charge in [-0.05, 0) is 23.8 Å². The highest BCUT2D eigenvalue weighted by Crippen LogP contribution is 2.29. The van der Waals surface area contributed by atoms with Gasteiger partial charge in [0.25, 0.3) is 0 Å². The summed E-state index contributed by atoms with van der Waals surface area (Å²) in [6.45, 7) is 0.399. The first-order chi connectivity index (χ1) is 9.83. The normalized spacial score (nSPS) is 14.0. The van der Waals surface area contributed by atoms with Crippen LogP contribution in [0.1, 0.15) is 5.56 Å². The molecule has 0 radical (unpaired) electrons.